The van der Waals surface area contributed by atoms with Crippen LogP contribution in [0.25, 0.3) is 0 Å². The molecule has 0 unspecified atom stereocenters. The summed E-state index contributed by atoms with van der Waals surface area (Å²) in [6, 6.07) is 12.4. The van der Waals surface area contributed by atoms with E-state index in [0.717, 1.165) is 31.2 Å². The van der Waals surface area contributed by atoms with Gasteiger partial charge in [-0.05, 0) is 55.2 Å². The van der Waals surface area contributed by atoms with Gasteiger partial charge in [0.05, 0.1) is 18.4 Å². The van der Waals surface area contributed by atoms with Crippen LogP contribution in [0, 0.1) is 6.92 Å². The standard InChI is InChI=1S/C22H28N2O4S/c1-17-10-11-19(23-22(25)15-18-8-7-9-20(14-18)28-2)16-21(17)29(26,27)24-12-5-3-4-6-13-24/h7-11,14,16H,3-6,12-13,15H2,1-2H3,(H,23,25). The number of benzene rings is 2. The van der Waals surface area contributed by atoms with Crippen molar-refractivity contribution in [3.8, 4) is 5.75 Å². The van der Waals surface area contributed by atoms with Gasteiger partial charge in [0.15, 0.2) is 0 Å². The van der Waals surface area contributed by atoms with Crippen molar-refractivity contribution in [3.63, 3.8) is 0 Å². The van der Waals surface area contributed by atoms with Gasteiger partial charge in [-0.25, -0.2) is 8.42 Å². The van der Waals surface area contributed by atoms with Crippen LogP contribution in [0.5, 0.6) is 5.75 Å². The molecule has 7 heteroatoms. The fourth-order valence-corrected chi connectivity index (χ4v) is 5.32. The number of nitrogens with one attached hydrogen (secondary N) is 1. The lowest BCUT2D eigenvalue weighted by atomic mass is 10.1. The summed E-state index contributed by atoms with van der Waals surface area (Å²) >= 11 is 0. The Kier molecular flexibility index (Phi) is 6.92. The fraction of sp³-hybridized carbons (Fsp3) is 0.409. The second-order valence-corrected chi connectivity index (χ2v) is 9.28. The highest BCUT2D eigenvalue weighted by molar-refractivity contribution is 7.89. The molecular weight excluding hydrogens is 388 g/mol. The third-order valence-corrected chi connectivity index (χ3v) is 7.19. The maximum absolute atomic E-state index is 13.2. The van der Waals surface area contributed by atoms with Crippen LogP contribution in [-0.4, -0.2) is 38.8 Å². The molecule has 1 N–H and O–H groups in total. The Bertz CT molecular complexity index is 965. The Hall–Kier alpha value is -2.38. The minimum Gasteiger partial charge on any atom is -0.497 e. The second kappa shape index (κ2) is 9.41. The molecular formula is C22H28N2O4S. The SMILES string of the molecule is COc1cccc(CC(=O)Nc2ccc(C)c(S(=O)(=O)N3CCCCCC3)c2)c1. The number of ether oxygens (including phenoxy) is 1. The summed E-state index contributed by atoms with van der Waals surface area (Å²) in [5, 5.41) is 2.82. The first-order chi connectivity index (χ1) is 13.9. The maximum atomic E-state index is 13.2. The molecule has 1 aliphatic heterocycles. The van der Waals surface area contributed by atoms with E-state index < -0.39 is 10.0 Å². The minimum atomic E-state index is -3.58. The molecule has 3 rings (SSSR count). The zero-order valence-electron chi connectivity index (χ0n) is 17.0. The van der Waals surface area contributed by atoms with Gasteiger partial charge in [0.2, 0.25) is 15.9 Å². The highest BCUT2D eigenvalue weighted by atomic mass is 32.2. The van der Waals surface area contributed by atoms with Gasteiger partial charge >= 0.3 is 0 Å². The molecule has 0 bridgehead atoms. The van der Waals surface area contributed by atoms with Crippen molar-refractivity contribution in [1.82, 2.24) is 4.31 Å². The second-order valence-electron chi connectivity index (χ2n) is 7.38. The molecule has 0 aliphatic carbocycles. The molecule has 156 valence electrons. The Morgan fingerprint density at radius 2 is 1.79 bits per heavy atom. The van der Waals surface area contributed by atoms with Gasteiger partial charge in [-0.3, -0.25) is 4.79 Å². The Morgan fingerprint density at radius 3 is 2.48 bits per heavy atom. The molecule has 1 heterocycles. The van der Waals surface area contributed by atoms with Gasteiger partial charge in [-0.2, -0.15) is 4.31 Å². The van der Waals surface area contributed by atoms with Crippen LogP contribution < -0.4 is 10.1 Å². The first-order valence-electron chi connectivity index (χ1n) is 9.94. The van der Waals surface area contributed by atoms with Crippen molar-refractivity contribution in [3.05, 3.63) is 53.6 Å². The number of sulfonamides is 1. The molecule has 0 aromatic heterocycles. The van der Waals surface area contributed by atoms with Crippen molar-refractivity contribution in [2.24, 2.45) is 0 Å². The lowest BCUT2D eigenvalue weighted by Crippen LogP contribution is -2.32. The van der Waals surface area contributed by atoms with Crippen LogP contribution in [0.15, 0.2) is 47.4 Å². The first-order valence-corrected chi connectivity index (χ1v) is 11.4. The van der Waals surface area contributed by atoms with E-state index in [0.29, 0.717) is 30.1 Å². The number of nitrogens with zero attached hydrogens (tertiary/aromatic N) is 1. The topological polar surface area (TPSA) is 75.7 Å². The van der Waals surface area contributed by atoms with E-state index in [1.165, 1.54) is 0 Å². The summed E-state index contributed by atoms with van der Waals surface area (Å²) in [5.74, 6) is 0.483. The van der Waals surface area contributed by atoms with Gasteiger partial charge in [0.1, 0.15) is 5.75 Å². The first kappa shape index (κ1) is 21.3. The highest BCUT2D eigenvalue weighted by Crippen LogP contribution is 2.26. The minimum absolute atomic E-state index is 0.180. The summed E-state index contributed by atoms with van der Waals surface area (Å²) in [4.78, 5) is 12.7. The van der Waals surface area contributed by atoms with Crippen LogP contribution in [0.1, 0.15) is 36.8 Å². The van der Waals surface area contributed by atoms with Gasteiger partial charge in [-0.1, -0.05) is 31.0 Å². The quantitative estimate of drug-likeness (QED) is 0.778. The van der Waals surface area contributed by atoms with E-state index in [4.69, 9.17) is 4.74 Å². The van der Waals surface area contributed by atoms with E-state index in [1.807, 2.05) is 24.3 Å². The normalized spacial score (nSPS) is 15.5. The summed E-state index contributed by atoms with van der Waals surface area (Å²) in [6.07, 6.45) is 4.07. The van der Waals surface area contributed by atoms with E-state index in [9.17, 15) is 13.2 Å². The molecule has 0 spiro atoms. The number of anilines is 1. The highest BCUT2D eigenvalue weighted by Gasteiger charge is 2.27. The molecule has 2 aromatic rings. The third kappa shape index (κ3) is 5.36. The van der Waals surface area contributed by atoms with Crippen molar-refractivity contribution in [2.45, 2.75) is 43.9 Å². The van der Waals surface area contributed by atoms with Gasteiger partial charge in [0.25, 0.3) is 0 Å². The van der Waals surface area contributed by atoms with E-state index >= 15 is 0 Å². The zero-order valence-corrected chi connectivity index (χ0v) is 17.8. The predicted molar refractivity (Wildman–Crippen MR) is 114 cm³/mol. The lowest BCUT2D eigenvalue weighted by molar-refractivity contribution is -0.115. The van der Waals surface area contributed by atoms with E-state index in [2.05, 4.69) is 5.32 Å². The Labute approximate surface area is 172 Å². The number of rotatable bonds is 6. The van der Waals surface area contributed by atoms with Crippen LogP contribution in [-0.2, 0) is 21.2 Å². The summed E-state index contributed by atoms with van der Waals surface area (Å²) < 4.78 is 33.1. The smallest absolute Gasteiger partial charge is 0.243 e. The summed E-state index contributed by atoms with van der Waals surface area (Å²) in [6.45, 7) is 2.88. The maximum Gasteiger partial charge on any atom is 0.243 e. The summed E-state index contributed by atoms with van der Waals surface area (Å²) in [5.41, 5.74) is 1.99. The Morgan fingerprint density at radius 1 is 1.07 bits per heavy atom. The molecule has 0 saturated carbocycles. The number of hydrogen-bond donors (Lipinski definition) is 1. The summed E-state index contributed by atoms with van der Waals surface area (Å²) in [7, 11) is -2.00. The fourth-order valence-electron chi connectivity index (χ4n) is 3.55. The third-order valence-electron chi connectivity index (χ3n) is 5.15. The van der Waals surface area contributed by atoms with E-state index in [1.54, 1.807) is 36.5 Å². The van der Waals surface area contributed by atoms with Gasteiger partial charge < -0.3 is 10.1 Å². The van der Waals surface area contributed by atoms with Crippen LogP contribution >= 0.6 is 0 Å². The molecule has 0 atom stereocenters. The van der Waals surface area contributed by atoms with E-state index in [-0.39, 0.29) is 17.2 Å². The molecule has 6 nitrogen and oxygen atoms in total. The predicted octanol–water partition coefficient (Wildman–Crippen LogP) is 3.75. The number of carbonyl (C=O) groups is 1. The van der Waals surface area contributed by atoms with Crippen LogP contribution in [0.2, 0.25) is 0 Å². The zero-order chi connectivity index (χ0) is 20.9. The Balaban J connectivity index is 1.76. The van der Waals surface area contributed by atoms with Crippen molar-refractivity contribution >= 4 is 21.6 Å². The molecule has 1 saturated heterocycles. The lowest BCUT2D eigenvalue weighted by Gasteiger charge is -2.21. The molecule has 1 fully saturated rings. The number of hydrogen-bond acceptors (Lipinski definition) is 4. The molecule has 1 amide bonds. The van der Waals surface area contributed by atoms with Crippen molar-refractivity contribution in [2.75, 3.05) is 25.5 Å². The number of aryl methyl sites for hydroxylation is 1. The van der Waals surface area contributed by atoms with Gasteiger partial charge in [0, 0.05) is 18.8 Å². The molecule has 2 aromatic carbocycles. The largest absolute Gasteiger partial charge is 0.497 e. The number of amides is 1. The molecule has 0 radical (unpaired) electrons. The average Bonchev–Trinajstić information content (AvgIpc) is 2.99. The van der Waals surface area contributed by atoms with Crippen LogP contribution in [0.4, 0.5) is 5.69 Å². The van der Waals surface area contributed by atoms with Crippen molar-refractivity contribution in [1.29, 1.82) is 0 Å². The molecule has 1 aliphatic rings. The molecule has 29 heavy (non-hydrogen) atoms. The van der Waals surface area contributed by atoms with Gasteiger partial charge in [-0.15, -0.1) is 0 Å². The van der Waals surface area contributed by atoms with Crippen LogP contribution in [0.3, 0.4) is 0 Å². The number of methoxy groups -OCH3 is 1. The van der Waals surface area contributed by atoms with Crippen molar-refractivity contribution < 1.29 is 17.9 Å². The monoisotopic (exact) mass is 416 g/mol. The average molecular weight is 417 g/mol. The number of carbonyl (C=O) groups excluding carboxylic acids is 1.